The first-order valence-electron chi connectivity index (χ1n) is 11.2. The molecule has 12 heteroatoms. The van der Waals surface area contributed by atoms with Crippen LogP contribution in [0.2, 0.25) is 0 Å². The van der Waals surface area contributed by atoms with Crippen LogP contribution in [-0.2, 0) is 20.7 Å². The molecule has 11 nitrogen and oxygen atoms in total. The number of fused-ring (bicyclic) bond motifs is 1. The number of carbonyl (C=O) groups is 2. The number of halogens is 1. The summed E-state index contributed by atoms with van der Waals surface area (Å²) in [6.07, 6.45) is 4.24. The van der Waals surface area contributed by atoms with Crippen molar-refractivity contribution in [1.29, 1.82) is 0 Å². The van der Waals surface area contributed by atoms with Crippen molar-refractivity contribution >= 4 is 11.7 Å². The molecule has 0 spiro atoms. The Morgan fingerprint density at radius 2 is 1.97 bits per heavy atom. The molecule has 2 fully saturated rings. The fourth-order valence-electron chi connectivity index (χ4n) is 4.69. The van der Waals surface area contributed by atoms with Crippen molar-refractivity contribution in [2.75, 3.05) is 32.8 Å². The maximum Gasteiger partial charge on any atom is 0.253 e. The summed E-state index contributed by atoms with van der Waals surface area (Å²) in [6, 6.07) is 0.0559. The molecule has 2 aromatic heterocycles. The second-order valence-corrected chi connectivity index (χ2v) is 8.80. The van der Waals surface area contributed by atoms with Gasteiger partial charge in [0.1, 0.15) is 12.2 Å². The summed E-state index contributed by atoms with van der Waals surface area (Å²) in [5.74, 6) is -0.231. The highest BCUT2D eigenvalue weighted by Crippen LogP contribution is 2.33. The van der Waals surface area contributed by atoms with E-state index in [9.17, 15) is 14.0 Å². The minimum Gasteiger partial charge on any atom is -0.370 e. The highest BCUT2D eigenvalue weighted by atomic mass is 19.1. The summed E-state index contributed by atoms with van der Waals surface area (Å²) < 4.78 is 21.4. The minimum atomic E-state index is -0.370. The van der Waals surface area contributed by atoms with E-state index in [1.54, 1.807) is 26.2 Å². The van der Waals surface area contributed by atoms with Gasteiger partial charge in [0, 0.05) is 44.1 Å². The number of hydrogen-bond acceptors (Lipinski definition) is 9. The monoisotopic (exact) mass is 468 g/mol. The topological polar surface area (TPSA) is 119 Å². The molecule has 0 saturated carbocycles. The van der Waals surface area contributed by atoms with E-state index in [0.29, 0.717) is 61.0 Å². The van der Waals surface area contributed by atoms with Gasteiger partial charge in [-0.2, -0.15) is 4.68 Å². The van der Waals surface area contributed by atoms with Gasteiger partial charge in [-0.25, -0.2) is 14.4 Å². The molecule has 34 heavy (non-hydrogen) atoms. The van der Waals surface area contributed by atoms with Crippen molar-refractivity contribution in [1.82, 2.24) is 40.0 Å². The smallest absolute Gasteiger partial charge is 0.253 e. The predicted molar refractivity (Wildman–Crippen MR) is 116 cm³/mol. The molecule has 0 N–H and O–H groups in total. The lowest BCUT2D eigenvalue weighted by molar-refractivity contribution is -0.138. The molecule has 0 radical (unpaired) electrons. The molecule has 2 atom stereocenters. The van der Waals surface area contributed by atoms with Gasteiger partial charge in [-0.05, 0) is 41.0 Å². The Balaban J connectivity index is 1.19. The number of amides is 1. The normalized spacial score (nSPS) is 24.0. The quantitative estimate of drug-likeness (QED) is 0.629. The Morgan fingerprint density at radius 1 is 1.18 bits per heavy atom. The standard InChI is InChI=1S/C22H25FN8O3/c1-13-14(2)21(18(32)6-17(13)23)19-10-29-3-4-30(9-16(29)11-34-19)20(33)5-15-7-24-22(25-8-15)31-12-26-27-28-31/h7-8,12,16,19H,3-6,9-11H2,1-2H3/t16-,19+/m1/s1. The SMILES string of the molecule is CC1=C(F)CC(=O)C([C@@H]2CN3CCN(C(=O)Cc4cnc(-n5cnnn5)nc4)C[C@@H]3CO2)=C1C. The molecule has 2 saturated heterocycles. The Kier molecular flexibility index (Phi) is 6.00. The van der Waals surface area contributed by atoms with E-state index in [1.165, 1.54) is 11.0 Å². The number of allylic oxidation sites excluding steroid dienone is 3. The summed E-state index contributed by atoms with van der Waals surface area (Å²) in [4.78, 5) is 37.9. The number of carbonyl (C=O) groups excluding carboxylic acids is 2. The first kappa shape index (κ1) is 22.4. The molecular weight excluding hydrogens is 443 g/mol. The second kappa shape index (κ2) is 9.11. The summed E-state index contributed by atoms with van der Waals surface area (Å²) in [6.45, 7) is 6.29. The van der Waals surface area contributed by atoms with Gasteiger partial charge in [0.25, 0.3) is 5.95 Å². The third-order valence-corrected chi connectivity index (χ3v) is 6.76. The molecule has 178 valence electrons. The molecule has 2 aliphatic heterocycles. The maximum atomic E-state index is 14.0. The van der Waals surface area contributed by atoms with Crippen molar-refractivity contribution in [3.63, 3.8) is 0 Å². The summed E-state index contributed by atoms with van der Waals surface area (Å²) >= 11 is 0. The zero-order valence-electron chi connectivity index (χ0n) is 19.0. The van der Waals surface area contributed by atoms with Gasteiger partial charge in [0.2, 0.25) is 5.91 Å². The summed E-state index contributed by atoms with van der Waals surface area (Å²) in [5, 5.41) is 10.8. The Hall–Kier alpha value is -3.38. The number of morpholine rings is 1. The highest BCUT2D eigenvalue weighted by molar-refractivity contribution is 6.00. The lowest BCUT2D eigenvalue weighted by Crippen LogP contribution is -2.61. The van der Waals surface area contributed by atoms with Crippen molar-refractivity contribution in [3.8, 4) is 5.95 Å². The molecule has 0 unspecified atom stereocenters. The minimum absolute atomic E-state index is 0.00204. The van der Waals surface area contributed by atoms with Gasteiger partial charge < -0.3 is 9.64 Å². The number of nitrogens with zero attached hydrogens (tertiary/aromatic N) is 8. The van der Waals surface area contributed by atoms with Gasteiger partial charge in [-0.3, -0.25) is 14.5 Å². The van der Waals surface area contributed by atoms with E-state index < -0.39 is 0 Å². The lowest BCUT2D eigenvalue weighted by atomic mass is 9.86. The Labute approximate surface area is 195 Å². The van der Waals surface area contributed by atoms with E-state index in [1.807, 2.05) is 4.90 Å². The van der Waals surface area contributed by atoms with Crippen LogP contribution < -0.4 is 0 Å². The van der Waals surface area contributed by atoms with Crippen LogP contribution in [0.4, 0.5) is 4.39 Å². The molecule has 4 heterocycles. The first-order valence-corrected chi connectivity index (χ1v) is 11.2. The molecule has 1 amide bonds. The maximum absolute atomic E-state index is 14.0. The van der Waals surface area contributed by atoms with E-state index in [4.69, 9.17) is 4.74 Å². The van der Waals surface area contributed by atoms with E-state index in [-0.39, 0.29) is 42.5 Å². The fourth-order valence-corrected chi connectivity index (χ4v) is 4.69. The van der Waals surface area contributed by atoms with E-state index >= 15 is 0 Å². The zero-order chi connectivity index (χ0) is 23.8. The molecule has 0 aromatic carbocycles. The second-order valence-electron chi connectivity index (χ2n) is 8.80. The van der Waals surface area contributed by atoms with Crippen LogP contribution >= 0.6 is 0 Å². The number of aromatic nitrogens is 6. The van der Waals surface area contributed by atoms with Crippen molar-refractivity contribution < 1.29 is 18.7 Å². The summed E-state index contributed by atoms with van der Waals surface area (Å²) in [5.41, 5.74) is 2.50. The molecule has 2 aromatic rings. The molecule has 0 bridgehead atoms. The number of hydrogen-bond donors (Lipinski definition) is 0. The third-order valence-electron chi connectivity index (χ3n) is 6.76. The van der Waals surface area contributed by atoms with Crippen LogP contribution in [-0.4, -0.2) is 96.6 Å². The summed E-state index contributed by atoms with van der Waals surface area (Å²) in [7, 11) is 0. The average Bonchev–Trinajstić information content (AvgIpc) is 3.38. The average molecular weight is 468 g/mol. The first-order chi connectivity index (χ1) is 16.4. The Morgan fingerprint density at radius 3 is 2.71 bits per heavy atom. The number of tetrazole rings is 1. The van der Waals surface area contributed by atoms with Crippen molar-refractivity contribution in [3.05, 3.63) is 46.8 Å². The van der Waals surface area contributed by atoms with E-state index in [2.05, 4.69) is 30.4 Å². The third kappa shape index (κ3) is 4.26. The molecule has 5 rings (SSSR count). The predicted octanol–water partition coefficient (Wildman–Crippen LogP) is 0.439. The van der Waals surface area contributed by atoms with Crippen molar-refractivity contribution in [2.45, 2.75) is 38.8 Å². The largest absolute Gasteiger partial charge is 0.370 e. The van der Waals surface area contributed by atoms with E-state index in [0.717, 1.165) is 0 Å². The van der Waals surface area contributed by atoms with Gasteiger partial charge in [-0.1, -0.05) is 0 Å². The number of rotatable bonds is 4. The molecule has 1 aliphatic carbocycles. The number of Topliss-reactive ketones (excluding diaryl/α,β-unsaturated/α-hetero) is 1. The number of ether oxygens (including phenoxy) is 1. The van der Waals surface area contributed by atoms with Gasteiger partial charge in [0.05, 0.1) is 31.6 Å². The van der Waals surface area contributed by atoms with Gasteiger partial charge in [-0.15, -0.1) is 5.10 Å². The molecular formula is C22H25FN8O3. The Bertz CT molecular complexity index is 1160. The van der Waals surface area contributed by atoms with Gasteiger partial charge >= 0.3 is 0 Å². The van der Waals surface area contributed by atoms with Crippen molar-refractivity contribution in [2.24, 2.45) is 0 Å². The highest BCUT2D eigenvalue weighted by Gasteiger charge is 2.39. The van der Waals surface area contributed by atoms with Crippen LogP contribution in [0.25, 0.3) is 5.95 Å². The van der Waals surface area contributed by atoms with Crippen LogP contribution in [0.5, 0.6) is 0 Å². The fraction of sp³-hybridized carbons (Fsp3) is 0.500. The zero-order valence-corrected chi connectivity index (χ0v) is 19.0. The van der Waals surface area contributed by atoms with Crippen LogP contribution in [0, 0.1) is 0 Å². The van der Waals surface area contributed by atoms with Crippen LogP contribution in [0.1, 0.15) is 25.8 Å². The van der Waals surface area contributed by atoms with Gasteiger partial charge in [0.15, 0.2) is 5.78 Å². The molecule has 3 aliphatic rings. The number of piperazine rings is 1. The van der Waals surface area contributed by atoms with Crippen LogP contribution in [0.3, 0.4) is 0 Å². The number of ketones is 1. The lowest BCUT2D eigenvalue weighted by Gasteiger charge is -2.46. The van der Waals surface area contributed by atoms with Crippen LogP contribution in [0.15, 0.2) is 41.3 Å².